The number of amides is 1. The van der Waals surface area contributed by atoms with E-state index >= 15 is 0 Å². The molecule has 0 saturated heterocycles. The molecule has 1 aliphatic rings. The lowest BCUT2D eigenvalue weighted by Crippen LogP contribution is -2.26. The highest BCUT2D eigenvalue weighted by Crippen LogP contribution is 2.39. The SMILES string of the molecule is CCN(CC)CCCNc1cc(-c2cc(C(=O)O)cc(F)c2C)c2c(n1)C(c1c(F)cccc1F)C(=O)N=C2. The van der Waals surface area contributed by atoms with Crippen molar-refractivity contribution in [3.8, 4) is 11.1 Å². The first-order valence-electron chi connectivity index (χ1n) is 12.7. The van der Waals surface area contributed by atoms with Crippen molar-refractivity contribution >= 4 is 23.9 Å². The first kappa shape index (κ1) is 28.0. The summed E-state index contributed by atoms with van der Waals surface area (Å²) in [7, 11) is 0. The van der Waals surface area contributed by atoms with Gasteiger partial charge in [-0.2, -0.15) is 0 Å². The number of hydrogen-bond donors (Lipinski definition) is 2. The van der Waals surface area contributed by atoms with E-state index < -0.39 is 40.8 Å². The number of carboxylic acids is 1. The second-order valence-corrected chi connectivity index (χ2v) is 9.26. The molecule has 39 heavy (non-hydrogen) atoms. The number of benzene rings is 2. The molecule has 1 atom stereocenters. The molecule has 2 heterocycles. The number of carbonyl (C=O) groups excluding carboxylic acids is 1. The van der Waals surface area contributed by atoms with Crippen LogP contribution in [0.5, 0.6) is 0 Å². The summed E-state index contributed by atoms with van der Waals surface area (Å²) in [4.78, 5) is 35.3. The number of nitrogens with one attached hydrogen (secondary N) is 1. The Morgan fingerprint density at radius 2 is 1.74 bits per heavy atom. The molecule has 0 saturated carbocycles. The average Bonchev–Trinajstić information content (AvgIpc) is 2.90. The number of aliphatic imine (C=N–C) groups is 1. The number of aromatic nitrogens is 1. The molecule has 1 unspecified atom stereocenters. The Labute approximate surface area is 224 Å². The van der Waals surface area contributed by atoms with Gasteiger partial charge in [-0.15, -0.1) is 0 Å². The van der Waals surface area contributed by atoms with E-state index in [-0.39, 0.29) is 27.9 Å². The first-order valence-corrected chi connectivity index (χ1v) is 12.7. The van der Waals surface area contributed by atoms with Crippen molar-refractivity contribution in [2.75, 3.05) is 31.5 Å². The molecule has 1 amide bonds. The Hall–Kier alpha value is -4.05. The van der Waals surface area contributed by atoms with E-state index in [0.717, 1.165) is 44.3 Å². The van der Waals surface area contributed by atoms with E-state index in [0.29, 0.717) is 17.9 Å². The van der Waals surface area contributed by atoms with Gasteiger partial charge in [0, 0.05) is 23.9 Å². The zero-order chi connectivity index (χ0) is 28.3. The highest BCUT2D eigenvalue weighted by atomic mass is 19.1. The van der Waals surface area contributed by atoms with Crippen LogP contribution in [0.15, 0.2) is 41.4 Å². The fourth-order valence-corrected chi connectivity index (χ4v) is 4.75. The molecule has 7 nitrogen and oxygen atoms in total. The van der Waals surface area contributed by atoms with E-state index in [2.05, 4.69) is 34.0 Å². The number of rotatable bonds is 10. The molecular weight excluding hydrogens is 509 g/mol. The summed E-state index contributed by atoms with van der Waals surface area (Å²) < 4.78 is 44.6. The normalized spacial score (nSPS) is 14.5. The van der Waals surface area contributed by atoms with Crippen LogP contribution in [-0.4, -0.2) is 59.3 Å². The zero-order valence-electron chi connectivity index (χ0n) is 21.9. The van der Waals surface area contributed by atoms with Crippen LogP contribution in [0.4, 0.5) is 19.0 Å². The Balaban J connectivity index is 1.89. The van der Waals surface area contributed by atoms with Crippen molar-refractivity contribution < 1.29 is 27.9 Å². The predicted octanol–water partition coefficient (Wildman–Crippen LogP) is 5.41. The highest BCUT2D eigenvalue weighted by Gasteiger charge is 2.35. The van der Waals surface area contributed by atoms with Crippen molar-refractivity contribution in [2.24, 2.45) is 4.99 Å². The molecule has 0 bridgehead atoms. The van der Waals surface area contributed by atoms with Crippen LogP contribution in [0, 0.1) is 24.4 Å². The zero-order valence-corrected chi connectivity index (χ0v) is 21.9. The van der Waals surface area contributed by atoms with Gasteiger partial charge in [0.1, 0.15) is 29.2 Å². The summed E-state index contributed by atoms with van der Waals surface area (Å²) in [5, 5.41) is 12.7. The molecule has 2 N–H and O–H groups in total. The van der Waals surface area contributed by atoms with Gasteiger partial charge in [-0.25, -0.2) is 27.9 Å². The van der Waals surface area contributed by atoms with Gasteiger partial charge < -0.3 is 15.3 Å². The van der Waals surface area contributed by atoms with E-state index in [4.69, 9.17) is 0 Å². The van der Waals surface area contributed by atoms with Gasteiger partial charge in [-0.3, -0.25) is 4.79 Å². The second-order valence-electron chi connectivity index (χ2n) is 9.26. The largest absolute Gasteiger partial charge is 0.478 e. The van der Waals surface area contributed by atoms with Crippen LogP contribution < -0.4 is 5.32 Å². The van der Waals surface area contributed by atoms with Crippen molar-refractivity contribution in [3.05, 3.63) is 81.8 Å². The van der Waals surface area contributed by atoms with Gasteiger partial charge >= 0.3 is 5.97 Å². The summed E-state index contributed by atoms with van der Waals surface area (Å²) >= 11 is 0. The quantitative estimate of drug-likeness (QED) is 0.336. The van der Waals surface area contributed by atoms with Crippen LogP contribution in [0.2, 0.25) is 0 Å². The summed E-state index contributed by atoms with van der Waals surface area (Å²) in [5.74, 6) is -5.87. The maximum absolute atomic E-state index is 14.9. The standard InChI is InChI=1S/C29H29F3N4O3/c1-4-36(5-2)11-7-10-33-24-14-19(18-12-17(29(38)39)13-23(32)16(18)3)20-15-34-28(37)26(27(20)35-24)25-21(30)8-6-9-22(25)31/h6,8-9,12-15,26H,4-5,7,10-11H2,1-3H3,(H,33,35)(H,38,39). The van der Waals surface area contributed by atoms with Gasteiger partial charge in [0.15, 0.2) is 0 Å². The number of aromatic carboxylic acids is 1. The van der Waals surface area contributed by atoms with E-state index in [9.17, 15) is 27.9 Å². The number of pyridine rings is 1. The molecule has 10 heteroatoms. The summed E-state index contributed by atoms with van der Waals surface area (Å²) in [5.41, 5.74) is 0.284. The van der Waals surface area contributed by atoms with Crippen LogP contribution in [0.3, 0.4) is 0 Å². The van der Waals surface area contributed by atoms with Gasteiger partial charge in [0.05, 0.1) is 11.3 Å². The molecule has 0 fully saturated rings. The number of carboxylic acid groups (broad SMARTS) is 1. The lowest BCUT2D eigenvalue weighted by molar-refractivity contribution is -0.118. The number of carbonyl (C=O) groups is 2. The number of hydrogen-bond acceptors (Lipinski definition) is 5. The number of halogens is 3. The average molecular weight is 539 g/mol. The Bertz CT molecular complexity index is 1430. The number of anilines is 1. The lowest BCUT2D eigenvalue weighted by atomic mass is 9.85. The summed E-state index contributed by atoms with van der Waals surface area (Å²) in [6, 6.07) is 7.16. The third-order valence-electron chi connectivity index (χ3n) is 6.95. The van der Waals surface area contributed by atoms with E-state index in [1.807, 2.05) is 0 Å². The van der Waals surface area contributed by atoms with E-state index in [1.165, 1.54) is 25.3 Å². The fourth-order valence-electron chi connectivity index (χ4n) is 4.75. The molecule has 204 valence electrons. The minimum Gasteiger partial charge on any atom is -0.478 e. The van der Waals surface area contributed by atoms with Gasteiger partial charge in [-0.05, 0) is 80.0 Å². The molecule has 3 aromatic rings. The monoisotopic (exact) mass is 538 g/mol. The molecule has 1 aromatic heterocycles. The van der Waals surface area contributed by atoms with E-state index in [1.54, 1.807) is 6.07 Å². The molecule has 2 aromatic carbocycles. The summed E-state index contributed by atoms with van der Waals surface area (Å²) in [6.45, 7) is 8.78. The minimum atomic E-state index is -1.48. The van der Waals surface area contributed by atoms with Crippen molar-refractivity contribution in [3.63, 3.8) is 0 Å². The Kier molecular flexibility index (Phi) is 8.44. The third kappa shape index (κ3) is 5.70. The maximum Gasteiger partial charge on any atom is 0.335 e. The van der Waals surface area contributed by atoms with Gasteiger partial charge in [-0.1, -0.05) is 19.9 Å². The minimum absolute atomic E-state index is 0.0447. The number of fused-ring (bicyclic) bond motifs is 1. The maximum atomic E-state index is 14.9. The first-order chi connectivity index (χ1) is 18.7. The van der Waals surface area contributed by atoms with Crippen LogP contribution in [0.1, 0.15) is 58.9 Å². The van der Waals surface area contributed by atoms with Gasteiger partial charge in [0.25, 0.3) is 5.91 Å². The topological polar surface area (TPSA) is 94.9 Å². The van der Waals surface area contributed by atoms with Gasteiger partial charge in [0.2, 0.25) is 0 Å². The van der Waals surface area contributed by atoms with Crippen LogP contribution in [0.25, 0.3) is 11.1 Å². The smallest absolute Gasteiger partial charge is 0.335 e. The second kappa shape index (κ2) is 11.8. The molecule has 0 aliphatic carbocycles. The number of nitrogens with zero attached hydrogens (tertiary/aromatic N) is 3. The molecule has 1 aliphatic heterocycles. The summed E-state index contributed by atoms with van der Waals surface area (Å²) in [6.07, 6.45) is 1.99. The van der Waals surface area contributed by atoms with Crippen molar-refractivity contribution in [1.82, 2.24) is 9.88 Å². The Morgan fingerprint density at radius 3 is 2.38 bits per heavy atom. The molecule has 0 radical (unpaired) electrons. The predicted molar refractivity (Wildman–Crippen MR) is 143 cm³/mol. The molecule has 4 rings (SSSR count). The Morgan fingerprint density at radius 1 is 1.05 bits per heavy atom. The van der Waals surface area contributed by atoms with Crippen LogP contribution in [-0.2, 0) is 4.79 Å². The lowest BCUT2D eigenvalue weighted by Gasteiger charge is -2.24. The van der Waals surface area contributed by atoms with Crippen LogP contribution >= 0.6 is 0 Å². The fraction of sp³-hybridized carbons (Fsp3) is 0.310. The third-order valence-corrected chi connectivity index (χ3v) is 6.95. The van der Waals surface area contributed by atoms with Crippen molar-refractivity contribution in [1.29, 1.82) is 0 Å². The molecule has 0 spiro atoms. The molecular formula is C29H29F3N4O3. The highest BCUT2D eigenvalue weighted by molar-refractivity contribution is 6.06. The van der Waals surface area contributed by atoms with Crippen molar-refractivity contribution in [2.45, 2.75) is 33.1 Å².